The summed E-state index contributed by atoms with van der Waals surface area (Å²) in [6, 6.07) is 9.31. The van der Waals surface area contributed by atoms with Crippen LogP contribution in [-0.2, 0) is 0 Å². The molecule has 23 heavy (non-hydrogen) atoms. The second kappa shape index (κ2) is 8.36. The maximum absolute atomic E-state index is 2.45. The van der Waals surface area contributed by atoms with Crippen LogP contribution in [-0.4, -0.2) is 0 Å². The van der Waals surface area contributed by atoms with Crippen molar-refractivity contribution in [1.82, 2.24) is 0 Å². The zero-order chi connectivity index (χ0) is 16.1. The summed E-state index contributed by atoms with van der Waals surface area (Å²) < 4.78 is 0. The van der Waals surface area contributed by atoms with Crippen molar-refractivity contribution in [2.75, 3.05) is 0 Å². The Bertz CT molecular complexity index is 449. The van der Waals surface area contributed by atoms with Crippen LogP contribution in [0.15, 0.2) is 24.3 Å². The van der Waals surface area contributed by atoms with E-state index in [-0.39, 0.29) is 0 Å². The van der Waals surface area contributed by atoms with Crippen LogP contribution < -0.4 is 0 Å². The largest absolute Gasteiger partial charge is 0.0625 e. The molecule has 2 aliphatic carbocycles. The second-order valence-electron chi connectivity index (χ2n) is 8.69. The summed E-state index contributed by atoms with van der Waals surface area (Å²) >= 11 is 0. The Morgan fingerprint density at radius 1 is 0.739 bits per heavy atom. The SMILES string of the molecule is Cc1ccc(C2CCC(CCC3CCCC(C)CC3)CC2)cc1. The average Bonchev–Trinajstić information content (AvgIpc) is 2.79. The Morgan fingerprint density at radius 2 is 1.35 bits per heavy atom. The van der Waals surface area contributed by atoms with Crippen LogP contribution in [0.5, 0.6) is 0 Å². The number of aryl methyl sites for hydroxylation is 1. The minimum atomic E-state index is 0.839. The highest BCUT2D eigenvalue weighted by Crippen LogP contribution is 2.39. The molecule has 2 unspecified atom stereocenters. The van der Waals surface area contributed by atoms with Gasteiger partial charge in [0, 0.05) is 0 Å². The fraction of sp³-hybridized carbons (Fsp3) is 0.739. The highest BCUT2D eigenvalue weighted by atomic mass is 14.3. The normalized spacial score (nSPS) is 32.4. The van der Waals surface area contributed by atoms with Crippen LogP contribution in [0.25, 0.3) is 0 Å². The predicted octanol–water partition coefficient (Wildman–Crippen LogP) is 7.27. The smallest absolute Gasteiger partial charge is 0.0162 e. The van der Waals surface area contributed by atoms with Crippen molar-refractivity contribution in [3.05, 3.63) is 35.4 Å². The van der Waals surface area contributed by atoms with Crippen molar-refractivity contribution in [3.63, 3.8) is 0 Å². The van der Waals surface area contributed by atoms with Gasteiger partial charge in [-0.3, -0.25) is 0 Å². The summed E-state index contributed by atoms with van der Waals surface area (Å²) in [6.07, 6.45) is 16.3. The lowest BCUT2D eigenvalue weighted by atomic mass is 9.76. The molecular formula is C23H36. The Morgan fingerprint density at radius 3 is 2.04 bits per heavy atom. The molecule has 2 saturated carbocycles. The van der Waals surface area contributed by atoms with Gasteiger partial charge in [-0.2, -0.15) is 0 Å². The number of hydrogen-bond donors (Lipinski definition) is 0. The van der Waals surface area contributed by atoms with Crippen molar-refractivity contribution in [2.45, 2.75) is 90.4 Å². The Balaban J connectivity index is 1.40. The molecule has 0 bridgehead atoms. The minimum absolute atomic E-state index is 0.839. The zero-order valence-corrected chi connectivity index (χ0v) is 15.4. The predicted molar refractivity (Wildman–Crippen MR) is 101 cm³/mol. The number of rotatable bonds is 4. The van der Waals surface area contributed by atoms with Gasteiger partial charge >= 0.3 is 0 Å². The van der Waals surface area contributed by atoms with Crippen LogP contribution in [0.1, 0.15) is 94.6 Å². The Kier molecular flexibility index (Phi) is 6.20. The molecule has 2 aliphatic rings. The van der Waals surface area contributed by atoms with E-state index in [4.69, 9.17) is 0 Å². The van der Waals surface area contributed by atoms with Gasteiger partial charge in [0.1, 0.15) is 0 Å². The van der Waals surface area contributed by atoms with Crippen LogP contribution in [0.2, 0.25) is 0 Å². The molecule has 2 fully saturated rings. The third-order valence-corrected chi connectivity index (χ3v) is 6.76. The first-order valence-electron chi connectivity index (χ1n) is 10.3. The standard InChI is InChI=1S/C23H36/c1-18-4-3-5-20(9-6-18)10-11-21-12-16-23(17-13-21)22-14-7-19(2)8-15-22/h7-8,14-15,18,20-21,23H,3-6,9-13,16-17H2,1-2H3. The summed E-state index contributed by atoms with van der Waals surface area (Å²) in [6.45, 7) is 4.64. The van der Waals surface area contributed by atoms with E-state index < -0.39 is 0 Å². The molecule has 0 amide bonds. The van der Waals surface area contributed by atoms with Crippen molar-refractivity contribution < 1.29 is 0 Å². The molecule has 1 aromatic carbocycles. The molecule has 1 aromatic rings. The summed E-state index contributed by atoms with van der Waals surface area (Å²) in [5, 5.41) is 0. The van der Waals surface area contributed by atoms with Gasteiger partial charge in [-0.1, -0.05) is 81.7 Å². The van der Waals surface area contributed by atoms with E-state index in [0.29, 0.717) is 0 Å². The van der Waals surface area contributed by atoms with Crippen molar-refractivity contribution in [1.29, 1.82) is 0 Å². The topological polar surface area (TPSA) is 0 Å². The van der Waals surface area contributed by atoms with Crippen LogP contribution in [0.3, 0.4) is 0 Å². The third kappa shape index (κ3) is 5.10. The van der Waals surface area contributed by atoms with E-state index in [0.717, 1.165) is 23.7 Å². The fourth-order valence-corrected chi connectivity index (χ4v) is 4.95. The highest BCUT2D eigenvalue weighted by Gasteiger charge is 2.23. The lowest BCUT2D eigenvalue weighted by molar-refractivity contribution is 0.278. The molecule has 2 atom stereocenters. The van der Waals surface area contributed by atoms with Gasteiger partial charge in [-0.25, -0.2) is 0 Å². The highest BCUT2D eigenvalue weighted by molar-refractivity contribution is 5.24. The van der Waals surface area contributed by atoms with Gasteiger partial charge in [0.05, 0.1) is 0 Å². The van der Waals surface area contributed by atoms with Gasteiger partial charge in [0.2, 0.25) is 0 Å². The van der Waals surface area contributed by atoms with Gasteiger partial charge in [0.15, 0.2) is 0 Å². The molecule has 0 saturated heterocycles. The molecule has 0 nitrogen and oxygen atoms in total. The first-order chi connectivity index (χ1) is 11.2. The lowest BCUT2D eigenvalue weighted by Crippen LogP contribution is -2.14. The van der Waals surface area contributed by atoms with Crippen LogP contribution in [0.4, 0.5) is 0 Å². The van der Waals surface area contributed by atoms with E-state index >= 15 is 0 Å². The molecule has 0 aliphatic heterocycles. The molecular weight excluding hydrogens is 276 g/mol. The summed E-state index contributed by atoms with van der Waals surface area (Å²) in [5.41, 5.74) is 2.98. The van der Waals surface area contributed by atoms with E-state index in [1.165, 1.54) is 76.2 Å². The van der Waals surface area contributed by atoms with Crippen molar-refractivity contribution in [2.24, 2.45) is 17.8 Å². The summed E-state index contributed by atoms with van der Waals surface area (Å²) in [7, 11) is 0. The monoisotopic (exact) mass is 312 g/mol. The first-order valence-corrected chi connectivity index (χ1v) is 10.3. The maximum atomic E-state index is 2.45. The molecule has 0 heteroatoms. The fourth-order valence-electron chi connectivity index (χ4n) is 4.95. The maximum Gasteiger partial charge on any atom is -0.0162 e. The van der Waals surface area contributed by atoms with Gasteiger partial charge in [-0.15, -0.1) is 0 Å². The molecule has 0 heterocycles. The average molecular weight is 313 g/mol. The Hall–Kier alpha value is -0.780. The molecule has 128 valence electrons. The van der Waals surface area contributed by atoms with E-state index in [2.05, 4.69) is 38.1 Å². The second-order valence-corrected chi connectivity index (χ2v) is 8.69. The molecule has 0 aromatic heterocycles. The summed E-state index contributed by atoms with van der Waals surface area (Å²) in [4.78, 5) is 0. The molecule has 0 radical (unpaired) electrons. The number of benzene rings is 1. The van der Waals surface area contributed by atoms with Crippen LogP contribution >= 0.6 is 0 Å². The van der Waals surface area contributed by atoms with Gasteiger partial charge in [-0.05, 0) is 61.8 Å². The lowest BCUT2D eigenvalue weighted by Gasteiger charge is -2.30. The van der Waals surface area contributed by atoms with Crippen molar-refractivity contribution >= 4 is 0 Å². The third-order valence-electron chi connectivity index (χ3n) is 6.76. The quantitative estimate of drug-likeness (QED) is 0.513. The van der Waals surface area contributed by atoms with Gasteiger partial charge < -0.3 is 0 Å². The molecule has 0 N–H and O–H groups in total. The summed E-state index contributed by atoms with van der Waals surface area (Å²) in [5.74, 6) is 3.91. The number of hydrogen-bond acceptors (Lipinski definition) is 0. The first kappa shape index (κ1) is 17.1. The minimum Gasteiger partial charge on any atom is -0.0625 e. The zero-order valence-electron chi connectivity index (χ0n) is 15.4. The van der Waals surface area contributed by atoms with E-state index in [1.807, 2.05) is 0 Å². The Labute approximate surface area is 144 Å². The van der Waals surface area contributed by atoms with E-state index in [9.17, 15) is 0 Å². The van der Waals surface area contributed by atoms with Crippen molar-refractivity contribution in [3.8, 4) is 0 Å². The van der Waals surface area contributed by atoms with Crippen LogP contribution in [0, 0.1) is 24.7 Å². The molecule has 3 rings (SSSR count). The van der Waals surface area contributed by atoms with Gasteiger partial charge in [0.25, 0.3) is 0 Å². The molecule has 0 spiro atoms. The van der Waals surface area contributed by atoms with E-state index in [1.54, 1.807) is 5.56 Å².